The van der Waals surface area contributed by atoms with Crippen LogP contribution in [-0.2, 0) is 14.8 Å². The summed E-state index contributed by atoms with van der Waals surface area (Å²) in [6, 6.07) is 8.91. The van der Waals surface area contributed by atoms with Crippen LogP contribution in [-0.4, -0.2) is 37.4 Å². The predicted molar refractivity (Wildman–Crippen MR) is 111 cm³/mol. The summed E-state index contributed by atoms with van der Waals surface area (Å²) < 4.78 is 46.9. The topological polar surface area (TPSA) is 101 Å². The van der Waals surface area contributed by atoms with E-state index in [9.17, 15) is 17.6 Å². The number of aromatic nitrogens is 1. The van der Waals surface area contributed by atoms with Crippen LogP contribution in [0.2, 0.25) is 0 Å². The first-order valence-electron chi connectivity index (χ1n) is 8.74. The fourth-order valence-electron chi connectivity index (χ4n) is 2.74. The van der Waals surface area contributed by atoms with E-state index in [1.165, 1.54) is 23.9 Å². The van der Waals surface area contributed by atoms with E-state index >= 15 is 0 Å². The number of fused-ring (bicyclic) bond motifs is 1. The summed E-state index contributed by atoms with van der Waals surface area (Å²) in [7, 11) is -4.21. The number of halogens is 1. The van der Waals surface area contributed by atoms with Gasteiger partial charge in [0.1, 0.15) is 22.3 Å². The lowest BCUT2D eigenvalue weighted by Crippen LogP contribution is -2.44. The van der Waals surface area contributed by atoms with E-state index in [0.717, 1.165) is 12.1 Å². The molecule has 3 rings (SSSR count). The van der Waals surface area contributed by atoms with E-state index in [0.29, 0.717) is 28.4 Å². The number of sulfonamides is 1. The monoisotopic (exact) mass is 437 g/mol. The van der Waals surface area contributed by atoms with Gasteiger partial charge in [-0.15, -0.1) is 0 Å². The van der Waals surface area contributed by atoms with Crippen molar-refractivity contribution in [2.45, 2.75) is 24.3 Å². The molecule has 10 heteroatoms. The molecule has 1 atom stereocenters. The summed E-state index contributed by atoms with van der Waals surface area (Å²) in [5.41, 5.74) is 1.61. The van der Waals surface area contributed by atoms with Crippen molar-refractivity contribution in [2.24, 2.45) is 0 Å². The number of benzene rings is 2. The number of amides is 1. The van der Waals surface area contributed by atoms with Gasteiger partial charge in [0.25, 0.3) is 0 Å². The SMILES string of the molecule is CSCCC(NS(=O)(=O)c1ccccc1F)C(=O)Nc1ccc2oc(C)nc2c1. The molecule has 29 heavy (non-hydrogen) atoms. The van der Waals surface area contributed by atoms with Crippen LogP contribution in [0.4, 0.5) is 10.1 Å². The van der Waals surface area contributed by atoms with Crippen LogP contribution in [0.25, 0.3) is 11.1 Å². The van der Waals surface area contributed by atoms with Crippen LogP contribution in [0, 0.1) is 12.7 Å². The highest BCUT2D eigenvalue weighted by atomic mass is 32.2. The summed E-state index contributed by atoms with van der Waals surface area (Å²) in [6.07, 6.45) is 2.09. The molecule has 154 valence electrons. The van der Waals surface area contributed by atoms with Crippen LogP contribution in [0.1, 0.15) is 12.3 Å². The summed E-state index contributed by atoms with van der Waals surface area (Å²) in [5.74, 6) is -0.382. The molecular weight excluding hydrogens is 417 g/mol. The Labute approximate surface area is 172 Å². The highest BCUT2D eigenvalue weighted by molar-refractivity contribution is 7.98. The molecule has 0 aliphatic carbocycles. The summed E-state index contributed by atoms with van der Waals surface area (Å²) >= 11 is 1.47. The van der Waals surface area contributed by atoms with Crippen LogP contribution in [0.15, 0.2) is 51.8 Å². The highest BCUT2D eigenvalue weighted by Gasteiger charge is 2.27. The number of oxazole rings is 1. The van der Waals surface area contributed by atoms with Gasteiger partial charge in [-0.3, -0.25) is 4.79 Å². The quantitative estimate of drug-likeness (QED) is 0.561. The standard InChI is InChI=1S/C19H20FN3O4S2/c1-12-21-16-11-13(7-8-17(16)27-12)22-19(24)15(9-10-28-2)23-29(25,26)18-6-4-3-5-14(18)20/h3-8,11,15,23H,9-10H2,1-2H3,(H,22,24). The minimum atomic E-state index is -4.21. The van der Waals surface area contributed by atoms with Gasteiger partial charge in [0.05, 0.1) is 0 Å². The zero-order chi connectivity index (χ0) is 21.0. The van der Waals surface area contributed by atoms with Gasteiger partial charge in [-0.2, -0.15) is 16.5 Å². The third kappa shape index (κ3) is 5.14. The molecule has 0 aliphatic rings. The molecule has 1 heterocycles. The molecular formula is C19H20FN3O4S2. The Morgan fingerprint density at radius 2 is 2.03 bits per heavy atom. The van der Waals surface area contributed by atoms with E-state index < -0.39 is 32.7 Å². The Bertz CT molecular complexity index is 1130. The van der Waals surface area contributed by atoms with Crippen molar-refractivity contribution in [1.29, 1.82) is 0 Å². The molecule has 0 bridgehead atoms. The molecule has 2 N–H and O–H groups in total. The molecule has 0 fully saturated rings. The van der Waals surface area contributed by atoms with E-state index in [4.69, 9.17) is 4.42 Å². The maximum absolute atomic E-state index is 13.9. The first-order chi connectivity index (χ1) is 13.8. The Hall–Kier alpha value is -2.43. The third-order valence-corrected chi connectivity index (χ3v) is 6.26. The molecule has 7 nitrogen and oxygen atoms in total. The number of nitrogens with one attached hydrogen (secondary N) is 2. The lowest BCUT2D eigenvalue weighted by atomic mass is 10.2. The predicted octanol–water partition coefficient (Wildman–Crippen LogP) is 3.31. The van der Waals surface area contributed by atoms with Gasteiger partial charge in [-0.25, -0.2) is 17.8 Å². The van der Waals surface area contributed by atoms with Crippen molar-refractivity contribution < 1.29 is 22.0 Å². The van der Waals surface area contributed by atoms with Crippen LogP contribution < -0.4 is 10.0 Å². The lowest BCUT2D eigenvalue weighted by Gasteiger charge is -2.18. The Kier molecular flexibility index (Phi) is 6.56. The van der Waals surface area contributed by atoms with E-state index in [1.807, 2.05) is 6.26 Å². The maximum Gasteiger partial charge on any atom is 0.244 e. The van der Waals surface area contributed by atoms with Gasteiger partial charge in [-0.1, -0.05) is 12.1 Å². The normalized spacial score (nSPS) is 12.8. The van der Waals surface area contributed by atoms with Crippen molar-refractivity contribution in [3.63, 3.8) is 0 Å². The van der Waals surface area contributed by atoms with Gasteiger partial charge in [0, 0.05) is 12.6 Å². The molecule has 1 aromatic heterocycles. The number of nitrogens with zero attached hydrogens (tertiary/aromatic N) is 1. The second-order valence-electron chi connectivity index (χ2n) is 6.29. The Morgan fingerprint density at radius 1 is 1.28 bits per heavy atom. The number of thioether (sulfide) groups is 1. The number of carbonyl (C=O) groups is 1. The highest BCUT2D eigenvalue weighted by Crippen LogP contribution is 2.20. The molecule has 2 aromatic carbocycles. The zero-order valence-corrected chi connectivity index (χ0v) is 17.4. The third-order valence-electron chi connectivity index (χ3n) is 4.11. The number of aryl methyl sites for hydroxylation is 1. The minimum Gasteiger partial charge on any atom is -0.441 e. The smallest absolute Gasteiger partial charge is 0.244 e. The largest absolute Gasteiger partial charge is 0.441 e. The molecule has 1 amide bonds. The van der Waals surface area contributed by atoms with Crippen molar-refractivity contribution in [2.75, 3.05) is 17.3 Å². The summed E-state index contributed by atoms with van der Waals surface area (Å²) in [6.45, 7) is 1.72. The Morgan fingerprint density at radius 3 is 2.76 bits per heavy atom. The molecule has 1 unspecified atom stereocenters. The van der Waals surface area contributed by atoms with Crippen molar-refractivity contribution >= 4 is 44.5 Å². The average molecular weight is 438 g/mol. The summed E-state index contributed by atoms with van der Waals surface area (Å²) in [5, 5.41) is 2.69. The second kappa shape index (κ2) is 8.93. The van der Waals surface area contributed by atoms with Gasteiger partial charge in [0.15, 0.2) is 11.5 Å². The number of anilines is 1. The van der Waals surface area contributed by atoms with Gasteiger partial charge >= 0.3 is 0 Å². The number of carbonyl (C=O) groups excluding carboxylic acids is 1. The second-order valence-corrected chi connectivity index (χ2v) is 8.96. The van der Waals surface area contributed by atoms with Gasteiger partial charge in [0.2, 0.25) is 15.9 Å². The van der Waals surface area contributed by atoms with Crippen LogP contribution in [0.3, 0.4) is 0 Å². The van der Waals surface area contributed by atoms with Crippen LogP contribution in [0.5, 0.6) is 0 Å². The number of hydrogen-bond acceptors (Lipinski definition) is 6. The molecule has 0 spiro atoms. The molecule has 0 aliphatic heterocycles. The average Bonchev–Trinajstić information content (AvgIpc) is 3.04. The Balaban J connectivity index is 1.81. The first kappa shape index (κ1) is 21.3. The summed E-state index contributed by atoms with van der Waals surface area (Å²) in [4.78, 5) is 16.5. The maximum atomic E-state index is 13.9. The first-order valence-corrected chi connectivity index (χ1v) is 11.6. The van der Waals surface area contributed by atoms with Crippen molar-refractivity contribution in [3.05, 3.63) is 54.2 Å². The van der Waals surface area contributed by atoms with E-state index in [-0.39, 0.29) is 6.42 Å². The van der Waals surface area contributed by atoms with Gasteiger partial charge < -0.3 is 9.73 Å². The van der Waals surface area contributed by atoms with E-state index in [1.54, 1.807) is 25.1 Å². The van der Waals surface area contributed by atoms with E-state index in [2.05, 4.69) is 15.0 Å². The fraction of sp³-hybridized carbons (Fsp3) is 0.263. The molecule has 3 aromatic rings. The zero-order valence-electron chi connectivity index (χ0n) is 15.8. The fourth-order valence-corrected chi connectivity index (χ4v) is 4.52. The molecule has 0 saturated heterocycles. The number of hydrogen-bond donors (Lipinski definition) is 2. The molecule has 0 saturated carbocycles. The van der Waals surface area contributed by atoms with Crippen molar-refractivity contribution in [3.8, 4) is 0 Å². The lowest BCUT2D eigenvalue weighted by molar-refractivity contribution is -0.117. The van der Waals surface area contributed by atoms with Crippen molar-refractivity contribution in [1.82, 2.24) is 9.71 Å². The minimum absolute atomic E-state index is 0.242. The van der Waals surface area contributed by atoms with Gasteiger partial charge in [-0.05, 0) is 48.8 Å². The molecule has 0 radical (unpaired) electrons. The van der Waals surface area contributed by atoms with Crippen LogP contribution >= 0.6 is 11.8 Å². The number of rotatable bonds is 8.